The highest BCUT2D eigenvalue weighted by Gasteiger charge is 2.35. The Hall–Kier alpha value is -5.08. The first-order valence-electron chi connectivity index (χ1n) is 14.4. The van der Waals surface area contributed by atoms with E-state index in [1.807, 2.05) is 0 Å². The van der Waals surface area contributed by atoms with Crippen molar-refractivity contribution in [3.05, 3.63) is 168 Å². The van der Waals surface area contributed by atoms with Crippen molar-refractivity contribution in [3.63, 3.8) is 0 Å². The fourth-order valence-electron chi connectivity index (χ4n) is 6.83. The monoisotopic (exact) mass is 526 g/mol. The van der Waals surface area contributed by atoms with E-state index >= 15 is 0 Å². The molecule has 0 bridgehead atoms. The molecule has 41 heavy (non-hydrogen) atoms. The van der Waals surface area contributed by atoms with Gasteiger partial charge < -0.3 is 10.2 Å². The molecule has 2 heteroatoms. The summed E-state index contributed by atoms with van der Waals surface area (Å²) in [5.41, 5.74) is 15.7. The number of fused-ring (bicyclic) bond motifs is 5. The molecule has 0 radical (unpaired) electrons. The number of nitrogens with zero attached hydrogens (tertiary/aromatic N) is 1. The van der Waals surface area contributed by atoms with Crippen molar-refractivity contribution in [1.82, 2.24) is 0 Å². The van der Waals surface area contributed by atoms with Gasteiger partial charge in [-0.1, -0.05) is 109 Å². The first-order chi connectivity index (χ1) is 20.3. The standard InChI is InChI=1S/C39H30N2/c1-4-12-27(13-5-1)35-26-30(20-22-36(35)40-29-16-8-3-9-17-29)41-25-24-34-37(41)23-21-33-31-18-10-11-19-32(31)38(39(33)34)28-14-6-2-7-15-28/h1-23,26,38,40H,24-25H2. The second kappa shape index (κ2) is 9.83. The van der Waals surface area contributed by atoms with Crippen LogP contribution in [0.3, 0.4) is 0 Å². The Morgan fingerprint density at radius 1 is 0.585 bits per heavy atom. The number of anilines is 4. The summed E-state index contributed by atoms with van der Waals surface area (Å²) < 4.78 is 0. The minimum atomic E-state index is 0.273. The van der Waals surface area contributed by atoms with Crippen LogP contribution in [0.15, 0.2) is 146 Å². The minimum Gasteiger partial charge on any atom is -0.355 e. The second-order valence-electron chi connectivity index (χ2n) is 10.9. The second-order valence-corrected chi connectivity index (χ2v) is 10.9. The van der Waals surface area contributed by atoms with E-state index in [1.165, 1.54) is 55.9 Å². The molecule has 1 atom stereocenters. The van der Waals surface area contributed by atoms with E-state index in [-0.39, 0.29) is 5.92 Å². The Morgan fingerprint density at radius 2 is 1.29 bits per heavy atom. The molecule has 0 saturated heterocycles. The van der Waals surface area contributed by atoms with Crippen molar-refractivity contribution in [3.8, 4) is 22.3 Å². The molecule has 0 amide bonds. The molecule has 1 N–H and O–H groups in total. The fraction of sp³-hybridized carbons (Fsp3) is 0.0769. The molecule has 2 nitrogen and oxygen atoms in total. The lowest BCUT2D eigenvalue weighted by Gasteiger charge is -2.23. The van der Waals surface area contributed by atoms with Crippen molar-refractivity contribution in [1.29, 1.82) is 0 Å². The predicted octanol–water partition coefficient (Wildman–Crippen LogP) is 9.95. The number of rotatable bonds is 5. The largest absolute Gasteiger partial charge is 0.355 e. The lowest BCUT2D eigenvalue weighted by Crippen LogP contribution is -2.13. The Morgan fingerprint density at radius 3 is 2.10 bits per heavy atom. The maximum Gasteiger partial charge on any atom is 0.0465 e. The highest BCUT2D eigenvalue weighted by molar-refractivity contribution is 5.89. The van der Waals surface area contributed by atoms with E-state index in [0.717, 1.165) is 24.3 Å². The van der Waals surface area contributed by atoms with Crippen LogP contribution in [0.1, 0.15) is 28.2 Å². The topological polar surface area (TPSA) is 15.3 Å². The van der Waals surface area contributed by atoms with Crippen molar-refractivity contribution in [2.24, 2.45) is 0 Å². The quantitative estimate of drug-likeness (QED) is 0.240. The maximum absolute atomic E-state index is 3.66. The smallest absolute Gasteiger partial charge is 0.0465 e. The molecular formula is C39H30N2. The van der Waals surface area contributed by atoms with Gasteiger partial charge in [0, 0.05) is 40.8 Å². The molecule has 1 unspecified atom stereocenters. The highest BCUT2D eigenvalue weighted by atomic mass is 15.2. The molecule has 1 aliphatic heterocycles. The third-order valence-electron chi connectivity index (χ3n) is 8.64. The summed E-state index contributed by atoms with van der Waals surface area (Å²) in [5, 5.41) is 3.66. The Balaban J connectivity index is 1.24. The van der Waals surface area contributed by atoms with Crippen LogP contribution in [0.25, 0.3) is 22.3 Å². The normalized spacial score (nSPS) is 14.8. The maximum atomic E-state index is 3.66. The van der Waals surface area contributed by atoms with Crippen molar-refractivity contribution < 1.29 is 0 Å². The number of hydrogen-bond acceptors (Lipinski definition) is 2. The molecule has 8 rings (SSSR count). The first-order valence-corrected chi connectivity index (χ1v) is 14.4. The van der Waals surface area contributed by atoms with E-state index < -0.39 is 0 Å². The summed E-state index contributed by atoms with van der Waals surface area (Å²) in [4.78, 5) is 2.51. The summed E-state index contributed by atoms with van der Waals surface area (Å²) in [6.45, 7) is 0.976. The van der Waals surface area contributed by atoms with E-state index in [4.69, 9.17) is 0 Å². The van der Waals surface area contributed by atoms with E-state index in [2.05, 4.69) is 156 Å². The van der Waals surface area contributed by atoms with Gasteiger partial charge in [0.05, 0.1) is 0 Å². The van der Waals surface area contributed by atoms with Gasteiger partial charge in [-0.2, -0.15) is 0 Å². The molecule has 6 aromatic carbocycles. The van der Waals surface area contributed by atoms with Gasteiger partial charge >= 0.3 is 0 Å². The lowest BCUT2D eigenvalue weighted by molar-refractivity contribution is 0.959. The van der Waals surface area contributed by atoms with Gasteiger partial charge in [-0.15, -0.1) is 0 Å². The fourth-order valence-corrected chi connectivity index (χ4v) is 6.83. The molecule has 0 spiro atoms. The molecule has 0 fully saturated rings. The average Bonchev–Trinajstić information content (AvgIpc) is 3.62. The van der Waals surface area contributed by atoms with Crippen LogP contribution in [0.4, 0.5) is 22.7 Å². The van der Waals surface area contributed by atoms with Crippen LogP contribution in [0.5, 0.6) is 0 Å². The van der Waals surface area contributed by atoms with Crippen molar-refractivity contribution >= 4 is 22.7 Å². The van der Waals surface area contributed by atoms with E-state index in [1.54, 1.807) is 0 Å². The van der Waals surface area contributed by atoms with Crippen LogP contribution in [-0.2, 0) is 6.42 Å². The SMILES string of the molecule is c1ccc(Nc2ccc(N3CCc4c3ccc3c4C(c4ccccc4)c4ccccc4-3)cc2-c2ccccc2)cc1. The zero-order valence-corrected chi connectivity index (χ0v) is 22.8. The van der Waals surface area contributed by atoms with Gasteiger partial charge in [0.1, 0.15) is 0 Å². The lowest BCUT2D eigenvalue weighted by atomic mass is 9.86. The van der Waals surface area contributed by atoms with Gasteiger partial charge in [-0.25, -0.2) is 0 Å². The summed E-state index contributed by atoms with van der Waals surface area (Å²) in [6.07, 6.45) is 1.04. The summed E-state index contributed by atoms with van der Waals surface area (Å²) in [7, 11) is 0. The molecule has 1 aliphatic carbocycles. The molecule has 6 aromatic rings. The third-order valence-corrected chi connectivity index (χ3v) is 8.64. The van der Waals surface area contributed by atoms with Crippen LogP contribution >= 0.6 is 0 Å². The van der Waals surface area contributed by atoms with Gasteiger partial charge in [-0.05, 0) is 81.8 Å². The van der Waals surface area contributed by atoms with Gasteiger partial charge in [-0.3, -0.25) is 0 Å². The van der Waals surface area contributed by atoms with Gasteiger partial charge in [0.15, 0.2) is 0 Å². The molecule has 2 aliphatic rings. The average molecular weight is 527 g/mol. The molecule has 1 heterocycles. The number of para-hydroxylation sites is 1. The van der Waals surface area contributed by atoms with Gasteiger partial charge in [0.2, 0.25) is 0 Å². The zero-order chi connectivity index (χ0) is 27.2. The molecule has 0 saturated carbocycles. The Kier molecular flexibility index (Phi) is 5.70. The zero-order valence-electron chi connectivity index (χ0n) is 22.8. The third kappa shape index (κ3) is 4.03. The summed E-state index contributed by atoms with van der Waals surface area (Å²) in [5.74, 6) is 0.273. The van der Waals surface area contributed by atoms with E-state index in [0.29, 0.717) is 0 Å². The predicted molar refractivity (Wildman–Crippen MR) is 172 cm³/mol. The van der Waals surface area contributed by atoms with E-state index in [9.17, 15) is 0 Å². The molecule has 196 valence electrons. The molecular weight excluding hydrogens is 496 g/mol. The number of benzene rings is 6. The van der Waals surface area contributed by atoms with Crippen LogP contribution < -0.4 is 10.2 Å². The van der Waals surface area contributed by atoms with Gasteiger partial charge in [0.25, 0.3) is 0 Å². The Labute approximate surface area is 241 Å². The minimum absolute atomic E-state index is 0.273. The van der Waals surface area contributed by atoms with Crippen molar-refractivity contribution in [2.75, 3.05) is 16.8 Å². The van der Waals surface area contributed by atoms with Crippen molar-refractivity contribution in [2.45, 2.75) is 12.3 Å². The van der Waals surface area contributed by atoms with Crippen LogP contribution in [0.2, 0.25) is 0 Å². The van der Waals surface area contributed by atoms with Crippen LogP contribution in [-0.4, -0.2) is 6.54 Å². The first kappa shape index (κ1) is 23.8. The van der Waals surface area contributed by atoms with Crippen LogP contribution in [0, 0.1) is 0 Å². The number of hydrogen-bond donors (Lipinski definition) is 1. The molecule has 0 aromatic heterocycles. The number of nitrogens with one attached hydrogen (secondary N) is 1. The highest BCUT2D eigenvalue weighted by Crippen LogP contribution is 2.53. The Bertz CT molecular complexity index is 1860. The summed E-state index contributed by atoms with van der Waals surface area (Å²) in [6, 6.07) is 52.7. The summed E-state index contributed by atoms with van der Waals surface area (Å²) >= 11 is 0.